The van der Waals surface area contributed by atoms with E-state index in [1.807, 2.05) is 18.2 Å². The molecule has 2 aromatic carbocycles. The second kappa shape index (κ2) is 10.2. The molecule has 4 rings (SSSR count). The van der Waals surface area contributed by atoms with Gasteiger partial charge in [-0.15, -0.1) is 0 Å². The fourth-order valence-corrected chi connectivity index (χ4v) is 4.50. The number of aromatic nitrogens is 1. The van der Waals surface area contributed by atoms with Crippen LogP contribution in [0.3, 0.4) is 0 Å². The molecule has 0 N–H and O–H groups in total. The third kappa shape index (κ3) is 5.09. The van der Waals surface area contributed by atoms with Crippen molar-refractivity contribution in [2.45, 2.75) is 32.9 Å². The molecule has 1 aliphatic rings. The van der Waals surface area contributed by atoms with Crippen molar-refractivity contribution in [3.63, 3.8) is 0 Å². The van der Waals surface area contributed by atoms with Crippen molar-refractivity contribution in [1.82, 2.24) is 9.47 Å². The van der Waals surface area contributed by atoms with E-state index in [2.05, 4.69) is 4.90 Å². The van der Waals surface area contributed by atoms with Gasteiger partial charge in [-0.25, -0.2) is 4.39 Å². The van der Waals surface area contributed by atoms with Crippen LogP contribution in [0.2, 0.25) is 0 Å². The van der Waals surface area contributed by atoms with Gasteiger partial charge in [0, 0.05) is 30.3 Å². The van der Waals surface area contributed by atoms with Crippen molar-refractivity contribution < 1.29 is 18.7 Å². The second-order valence-electron chi connectivity index (χ2n) is 8.40. The summed E-state index contributed by atoms with van der Waals surface area (Å²) in [6.45, 7) is 4.09. The van der Waals surface area contributed by atoms with E-state index >= 15 is 0 Å². The molecule has 2 heterocycles. The fourth-order valence-electron chi connectivity index (χ4n) is 4.50. The molecule has 7 heteroatoms. The molecule has 1 fully saturated rings. The van der Waals surface area contributed by atoms with Gasteiger partial charge in [-0.3, -0.25) is 14.5 Å². The van der Waals surface area contributed by atoms with Gasteiger partial charge in [-0.1, -0.05) is 18.2 Å². The monoisotopic (exact) mass is 452 g/mol. The number of hydrogen-bond donors (Lipinski definition) is 0. The van der Waals surface area contributed by atoms with E-state index in [1.54, 1.807) is 42.9 Å². The quantitative estimate of drug-likeness (QED) is 0.508. The van der Waals surface area contributed by atoms with Crippen LogP contribution in [0.1, 0.15) is 30.9 Å². The number of methoxy groups -OCH3 is 1. The number of piperidine rings is 1. The Hall–Kier alpha value is -3.19. The van der Waals surface area contributed by atoms with Crippen molar-refractivity contribution in [2.24, 2.45) is 5.92 Å². The molecule has 0 saturated carbocycles. The highest BCUT2D eigenvalue weighted by molar-refractivity contribution is 5.81. The van der Waals surface area contributed by atoms with Gasteiger partial charge in [0.05, 0.1) is 31.7 Å². The summed E-state index contributed by atoms with van der Waals surface area (Å²) >= 11 is 0. The van der Waals surface area contributed by atoms with E-state index in [4.69, 9.17) is 9.47 Å². The predicted molar refractivity (Wildman–Crippen MR) is 125 cm³/mol. The number of nitrogens with zero attached hydrogens (tertiary/aromatic N) is 2. The van der Waals surface area contributed by atoms with Crippen LogP contribution in [0.25, 0.3) is 10.9 Å². The number of hydrogen-bond acceptors (Lipinski definition) is 5. The zero-order chi connectivity index (χ0) is 23.4. The Morgan fingerprint density at radius 2 is 1.94 bits per heavy atom. The van der Waals surface area contributed by atoms with Gasteiger partial charge in [0.1, 0.15) is 11.6 Å². The molecule has 174 valence electrons. The number of ether oxygens (including phenoxy) is 2. The highest BCUT2D eigenvalue weighted by atomic mass is 19.1. The number of carbonyl (C=O) groups excluding carboxylic acids is 1. The zero-order valence-electron chi connectivity index (χ0n) is 19.1. The number of carbonyl (C=O) groups is 1. The van der Waals surface area contributed by atoms with Crippen LogP contribution < -0.4 is 10.3 Å². The summed E-state index contributed by atoms with van der Waals surface area (Å²) in [4.78, 5) is 27.9. The third-order valence-electron chi connectivity index (χ3n) is 6.18. The lowest BCUT2D eigenvalue weighted by atomic mass is 9.97. The van der Waals surface area contributed by atoms with Gasteiger partial charge in [-0.2, -0.15) is 0 Å². The van der Waals surface area contributed by atoms with E-state index < -0.39 is 0 Å². The number of benzene rings is 2. The Bertz CT molecular complexity index is 1210. The highest BCUT2D eigenvalue weighted by Crippen LogP contribution is 2.24. The van der Waals surface area contributed by atoms with Crippen LogP contribution in [0.5, 0.6) is 5.75 Å². The Kier molecular flexibility index (Phi) is 7.08. The molecule has 1 aliphatic heterocycles. The van der Waals surface area contributed by atoms with E-state index in [1.165, 1.54) is 6.07 Å². The normalized spacial score (nSPS) is 16.6. The van der Waals surface area contributed by atoms with Gasteiger partial charge < -0.3 is 14.0 Å². The first-order valence-corrected chi connectivity index (χ1v) is 11.3. The van der Waals surface area contributed by atoms with Crippen LogP contribution >= 0.6 is 0 Å². The van der Waals surface area contributed by atoms with Crippen molar-refractivity contribution in [3.8, 4) is 5.75 Å². The number of esters is 1. The van der Waals surface area contributed by atoms with Crippen LogP contribution in [0, 0.1) is 11.7 Å². The summed E-state index contributed by atoms with van der Waals surface area (Å²) in [5.41, 5.74) is 1.58. The van der Waals surface area contributed by atoms with Crippen LogP contribution in [-0.2, 0) is 22.6 Å². The molecule has 1 saturated heterocycles. The van der Waals surface area contributed by atoms with Crippen LogP contribution in [0.15, 0.2) is 53.3 Å². The molecule has 6 nitrogen and oxygen atoms in total. The van der Waals surface area contributed by atoms with Crippen molar-refractivity contribution in [1.29, 1.82) is 0 Å². The first-order chi connectivity index (χ1) is 16.0. The van der Waals surface area contributed by atoms with Gasteiger partial charge in [0.25, 0.3) is 5.56 Å². The summed E-state index contributed by atoms with van der Waals surface area (Å²) < 4.78 is 26.6. The van der Waals surface area contributed by atoms with Crippen molar-refractivity contribution >= 4 is 16.9 Å². The molecule has 0 amide bonds. The molecule has 3 aromatic rings. The molecular weight excluding hydrogens is 423 g/mol. The largest absolute Gasteiger partial charge is 0.497 e. The summed E-state index contributed by atoms with van der Waals surface area (Å²) in [5, 5.41) is 0.876. The maximum atomic E-state index is 14.4. The zero-order valence-corrected chi connectivity index (χ0v) is 19.1. The first-order valence-electron chi connectivity index (χ1n) is 11.3. The number of rotatable bonds is 7. The summed E-state index contributed by atoms with van der Waals surface area (Å²) in [6, 6.07) is 13.9. The number of pyridine rings is 1. The molecule has 1 atom stereocenters. The Labute approximate surface area is 192 Å². The van der Waals surface area contributed by atoms with Gasteiger partial charge in [-0.05, 0) is 56.0 Å². The molecular formula is C26H29FN2O4. The smallest absolute Gasteiger partial charge is 0.310 e. The summed E-state index contributed by atoms with van der Waals surface area (Å²) in [6.07, 6.45) is 1.67. The van der Waals surface area contributed by atoms with Crippen LogP contribution in [0.4, 0.5) is 4.39 Å². The molecule has 0 spiro atoms. The minimum Gasteiger partial charge on any atom is -0.497 e. The Morgan fingerprint density at radius 1 is 1.12 bits per heavy atom. The third-order valence-corrected chi connectivity index (χ3v) is 6.18. The van der Waals surface area contributed by atoms with Gasteiger partial charge in [0.15, 0.2) is 0 Å². The van der Waals surface area contributed by atoms with Crippen molar-refractivity contribution in [2.75, 3.05) is 26.8 Å². The van der Waals surface area contributed by atoms with E-state index in [9.17, 15) is 14.0 Å². The Morgan fingerprint density at radius 3 is 2.70 bits per heavy atom. The lowest BCUT2D eigenvalue weighted by Gasteiger charge is -2.31. The summed E-state index contributed by atoms with van der Waals surface area (Å²) in [7, 11) is 1.57. The average Bonchev–Trinajstić information content (AvgIpc) is 2.83. The predicted octanol–water partition coefficient (Wildman–Crippen LogP) is 3.97. The minimum absolute atomic E-state index is 0.120. The van der Waals surface area contributed by atoms with Gasteiger partial charge >= 0.3 is 5.97 Å². The molecule has 0 radical (unpaired) electrons. The standard InChI is InChI=1S/C26H29FN2O4/c1-3-33-26(31)20-8-6-12-28(15-20)16-21-13-18-10-11-22(32-2)14-24(18)29(25(21)30)17-19-7-4-5-9-23(19)27/h4-5,7,9-11,13-14,20H,3,6,8,12,15-17H2,1-2H3. The molecule has 1 aromatic heterocycles. The van der Waals surface area contributed by atoms with E-state index in [0.717, 1.165) is 24.8 Å². The Balaban J connectivity index is 1.70. The number of likely N-dealkylation sites (tertiary alicyclic amines) is 1. The maximum absolute atomic E-state index is 14.4. The summed E-state index contributed by atoms with van der Waals surface area (Å²) in [5.74, 6) is -0.0711. The fraction of sp³-hybridized carbons (Fsp3) is 0.385. The molecule has 0 bridgehead atoms. The second-order valence-corrected chi connectivity index (χ2v) is 8.40. The van der Waals surface area contributed by atoms with E-state index in [-0.39, 0.29) is 29.8 Å². The lowest BCUT2D eigenvalue weighted by Crippen LogP contribution is -2.40. The van der Waals surface area contributed by atoms with Crippen molar-refractivity contribution in [3.05, 3.63) is 75.8 Å². The SMILES string of the molecule is CCOC(=O)C1CCCN(Cc2cc3ccc(OC)cc3n(Cc3ccccc3F)c2=O)C1. The first kappa shape index (κ1) is 23.0. The molecule has 0 aliphatic carbocycles. The average molecular weight is 453 g/mol. The maximum Gasteiger partial charge on any atom is 0.310 e. The lowest BCUT2D eigenvalue weighted by molar-refractivity contribution is -0.150. The highest BCUT2D eigenvalue weighted by Gasteiger charge is 2.27. The van der Waals surface area contributed by atoms with Gasteiger partial charge in [0.2, 0.25) is 0 Å². The molecule has 1 unspecified atom stereocenters. The topological polar surface area (TPSA) is 60.8 Å². The molecule has 33 heavy (non-hydrogen) atoms. The number of halogens is 1. The van der Waals surface area contributed by atoms with Crippen LogP contribution in [-0.4, -0.2) is 42.2 Å². The number of fused-ring (bicyclic) bond motifs is 1. The minimum atomic E-state index is -0.348. The van der Waals surface area contributed by atoms with E-state index in [0.29, 0.717) is 42.1 Å².